The number of fused-ring (bicyclic) bond motifs is 1. The molecule has 3 rings (SSSR count). The molecule has 0 spiro atoms. The number of hydrogen-bond acceptors (Lipinski definition) is 5. The van der Waals surface area contributed by atoms with Crippen molar-refractivity contribution in [2.75, 3.05) is 39.8 Å². The van der Waals surface area contributed by atoms with Gasteiger partial charge in [0.2, 0.25) is 5.91 Å². The number of aliphatic carboxylic acids is 1. The third-order valence-electron chi connectivity index (χ3n) is 5.78. The molecular formula is C20H29N3O4. The normalized spacial score (nSPS) is 19.4. The zero-order valence-electron chi connectivity index (χ0n) is 15.9. The number of likely N-dealkylation sites (tertiary alicyclic amines) is 1. The van der Waals surface area contributed by atoms with E-state index in [1.54, 1.807) is 4.90 Å². The molecule has 0 unspecified atom stereocenters. The Morgan fingerprint density at radius 1 is 1.22 bits per heavy atom. The van der Waals surface area contributed by atoms with E-state index in [2.05, 4.69) is 18.0 Å². The van der Waals surface area contributed by atoms with Crippen molar-refractivity contribution < 1.29 is 19.4 Å². The molecule has 3 N–H and O–H groups in total. The van der Waals surface area contributed by atoms with E-state index in [1.807, 2.05) is 12.1 Å². The van der Waals surface area contributed by atoms with Crippen LogP contribution in [-0.2, 0) is 22.6 Å². The standard InChI is InChI=1S/C20H29N3O4/c1-22-9-5-15-2-3-17(12-16(15)13-22)27-14-20(19(25)26)6-10-23(11-7-20)18(24)4-8-21/h2-3,12H,4-11,13-14,21H2,1H3,(H,25,26). The van der Waals surface area contributed by atoms with E-state index in [9.17, 15) is 14.7 Å². The highest BCUT2D eigenvalue weighted by Crippen LogP contribution is 2.33. The summed E-state index contributed by atoms with van der Waals surface area (Å²) in [6.45, 7) is 3.24. The lowest BCUT2D eigenvalue weighted by molar-refractivity contribution is -0.156. The summed E-state index contributed by atoms with van der Waals surface area (Å²) in [6.07, 6.45) is 2.12. The highest BCUT2D eigenvalue weighted by molar-refractivity contribution is 5.78. The second kappa shape index (κ2) is 8.27. The van der Waals surface area contributed by atoms with Crippen molar-refractivity contribution in [3.63, 3.8) is 0 Å². The fourth-order valence-electron chi connectivity index (χ4n) is 3.87. The van der Waals surface area contributed by atoms with Crippen molar-refractivity contribution in [2.45, 2.75) is 32.2 Å². The third kappa shape index (κ3) is 4.42. The molecule has 1 amide bonds. The van der Waals surface area contributed by atoms with Crippen molar-refractivity contribution in [1.29, 1.82) is 0 Å². The lowest BCUT2D eigenvalue weighted by Crippen LogP contribution is -2.49. The summed E-state index contributed by atoms with van der Waals surface area (Å²) in [4.78, 5) is 27.9. The first-order chi connectivity index (χ1) is 12.9. The number of nitrogens with zero attached hydrogens (tertiary/aromatic N) is 2. The number of carboxylic acid groups (broad SMARTS) is 1. The molecule has 0 aliphatic carbocycles. The molecule has 2 heterocycles. The molecule has 1 fully saturated rings. The third-order valence-corrected chi connectivity index (χ3v) is 5.78. The molecule has 0 atom stereocenters. The number of benzene rings is 1. The van der Waals surface area contributed by atoms with Gasteiger partial charge in [-0.2, -0.15) is 0 Å². The minimum atomic E-state index is -0.952. The van der Waals surface area contributed by atoms with Crippen LogP contribution in [-0.4, -0.2) is 66.6 Å². The first-order valence-corrected chi connectivity index (χ1v) is 9.58. The number of carbonyl (C=O) groups excluding carboxylic acids is 1. The number of hydrogen-bond donors (Lipinski definition) is 2. The molecule has 1 saturated heterocycles. The molecule has 7 nitrogen and oxygen atoms in total. The second-order valence-electron chi connectivity index (χ2n) is 7.71. The van der Waals surface area contributed by atoms with Crippen LogP contribution in [0.4, 0.5) is 0 Å². The van der Waals surface area contributed by atoms with Crippen LogP contribution in [0, 0.1) is 5.41 Å². The van der Waals surface area contributed by atoms with Gasteiger partial charge in [0.1, 0.15) is 17.8 Å². The predicted molar refractivity (Wildman–Crippen MR) is 102 cm³/mol. The van der Waals surface area contributed by atoms with Gasteiger partial charge in [-0.1, -0.05) is 6.07 Å². The van der Waals surface area contributed by atoms with Gasteiger partial charge in [-0.25, -0.2) is 0 Å². The maximum Gasteiger partial charge on any atom is 0.313 e. The van der Waals surface area contributed by atoms with Crippen molar-refractivity contribution in [2.24, 2.45) is 11.1 Å². The number of amides is 1. The summed E-state index contributed by atoms with van der Waals surface area (Å²) in [5.41, 5.74) is 7.07. The predicted octanol–water partition coefficient (Wildman–Crippen LogP) is 1.10. The fourth-order valence-corrected chi connectivity index (χ4v) is 3.87. The van der Waals surface area contributed by atoms with E-state index in [4.69, 9.17) is 10.5 Å². The van der Waals surface area contributed by atoms with Crippen molar-refractivity contribution in [3.05, 3.63) is 29.3 Å². The largest absolute Gasteiger partial charge is 0.492 e. The van der Waals surface area contributed by atoms with Crippen LogP contribution in [0.1, 0.15) is 30.4 Å². The Bertz CT molecular complexity index is 698. The SMILES string of the molecule is CN1CCc2ccc(OCC3(C(=O)O)CCN(C(=O)CCN)CC3)cc2C1. The summed E-state index contributed by atoms with van der Waals surface area (Å²) in [7, 11) is 2.09. The highest BCUT2D eigenvalue weighted by Gasteiger charge is 2.43. The van der Waals surface area contributed by atoms with E-state index in [1.165, 1.54) is 11.1 Å². The summed E-state index contributed by atoms with van der Waals surface area (Å²) < 4.78 is 5.93. The van der Waals surface area contributed by atoms with E-state index >= 15 is 0 Å². The second-order valence-corrected chi connectivity index (χ2v) is 7.71. The minimum Gasteiger partial charge on any atom is -0.492 e. The molecule has 2 aliphatic heterocycles. The van der Waals surface area contributed by atoms with Crippen LogP contribution >= 0.6 is 0 Å². The lowest BCUT2D eigenvalue weighted by atomic mass is 9.79. The number of carbonyl (C=O) groups is 2. The van der Waals surface area contributed by atoms with Crippen LogP contribution in [0.5, 0.6) is 5.75 Å². The molecule has 1 aromatic carbocycles. The Balaban J connectivity index is 1.63. The summed E-state index contributed by atoms with van der Waals surface area (Å²) >= 11 is 0. The van der Waals surface area contributed by atoms with E-state index < -0.39 is 11.4 Å². The van der Waals surface area contributed by atoms with Gasteiger partial charge in [-0.05, 0) is 49.6 Å². The highest BCUT2D eigenvalue weighted by atomic mass is 16.5. The molecule has 0 aromatic heterocycles. The average molecular weight is 375 g/mol. The Kier molecular flexibility index (Phi) is 6.01. The van der Waals surface area contributed by atoms with Crippen molar-refractivity contribution in [1.82, 2.24) is 9.80 Å². The van der Waals surface area contributed by atoms with Gasteiger partial charge in [-0.15, -0.1) is 0 Å². The summed E-state index contributed by atoms with van der Waals surface area (Å²) in [6, 6.07) is 6.04. The fraction of sp³-hybridized carbons (Fsp3) is 0.600. The number of ether oxygens (including phenoxy) is 1. The van der Waals surface area contributed by atoms with Crippen LogP contribution in [0.15, 0.2) is 18.2 Å². The quantitative estimate of drug-likeness (QED) is 0.773. The number of nitrogens with two attached hydrogens (primary N) is 1. The van der Waals surface area contributed by atoms with Crippen LogP contribution < -0.4 is 10.5 Å². The molecule has 27 heavy (non-hydrogen) atoms. The number of likely N-dealkylation sites (N-methyl/N-ethyl adjacent to an activating group) is 1. The smallest absolute Gasteiger partial charge is 0.313 e. The van der Waals surface area contributed by atoms with Gasteiger partial charge >= 0.3 is 5.97 Å². The van der Waals surface area contributed by atoms with E-state index in [0.29, 0.717) is 44.6 Å². The van der Waals surface area contributed by atoms with Crippen molar-refractivity contribution >= 4 is 11.9 Å². The maximum absolute atomic E-state index is 12.0. The van der Waals surface area contributed by atoms with Crippen molar-refractivity contribution in [3.8, 4) is 5.75 Å². The topological polar surface area (TPSA) is 96.1 Å². The van der Waals surface area contributed by atoms with E-state index in [-0.39, 0.29) is 12.5 Å². The van der Waals surface area contributed by atoms with Gasteiger partial charge in [0.15, 0.2) is 0 Å². The first-order valence-electron chi connectivity index (χ1n) is 9.58. The van der Waals surface area contributed by atoms with Crippen LogP contribution in [0.2, 0.25) is 0 Å². The Morgan fingerprint density at radius 3 is 2.63 bits per heavy atom. The van der Waals surface area contributed by atoms with Gasteiger partial charge < -0.3 is 25.4 Å². The molecule has 0 radical (unpaired) electrons. The molecular weight excluding hydrogens is 346 g/mol. The molecule has 148 valence electrons. The lowest BCUT2D eigenvalue weighted by Gasteiger charge is -2.38. The first kappa shape index (κ1) is 19.6. The van der Waals surface area contributed by atoms with Gasteiger partial charge in [0.05, 0.1) is 0 Å². The van der Waals surface area contributed by atoms with Gasteiger partial charge in [-0.3, -0.25) is 9.59 Å². The molecule has 0 saturated carbocycles. The zero-order valence-corrected chi connectivity index (χ0v) is 15.9. The monoisotopic (exact) mass is 375 g/mol. The minimum absolute atomic E-state index is 0.00351. The number of carboxylic acids is 1. The molecule has 2 aliphatic rings. The number of rotatable bonds is 6. The average Bonchev–Trinajstić information content (AvgIpc) is 2.66. The Hall–Kier alpha value is -2.12. The molecule has 0 bridgehead atoms. The van der Waals surface area contributed by atoms with Gasteiger partial charge in [0, 0.05) is 39.1 Å². The molecule has 1 aromatic rings. The Morgan fingerprint density at radius 2 is 1.96 bits per heavy atom. The van der Waals surface area contributed by atoms with Crippen LogP contribution in [0.25, 0.3) is 0 Å². The summed E-state index contributed by atoms with van der Waals surface area (Å²) in [5, 5.41) is 9.81. The zero-order chi connectivity index (χ0) is 19.4. The molecule has 7 heteroatoms. The maximum atomic E-state index is 12.0. The summed E-state index contributed by atoms with van der Waals surface area (Å²) in [5.74, 6) is -0.145. The number of piperidine rings is 1. The Labute approximate surface area is 160 Å². The van der Waals surface area contributed by atoms with Gasteiger partial charge in [0.25, 0.3) is 0 Å². The van der Waals surface area contributed by atoms with Crippen LogP contribution in [0.3, 0.4) is 0 Å². The van der Waals surface area contributed by atoms with E-state index in [0.717, 1.165) is 19.5 Å².